The molecule has 98 valence electrons. The lowest BCUT2D eigenvalue weighted by molar-refractivity contribution is -0.139. The van der Waals surface area contributed by atoms with Crippen molar-refractivity contribution in [2.45, 2.75) is 25.6 Å². The fraction of sp³-hybridized carbons (Fsp3) is 1.00. The van der Waals surface area contributed by atoms with Crippen LogP contribution in [0, 0.1) is 0 Å². The Morgan fingerprint density at radius 3 is 2.25 bits per heavy atom. The summed E-state index contributed by atoms with van der Waals surface area (Å²) in [6.45, 7) is 1.76. The molecule has 0 fully saturated rings. The molecule has 4 nitrogen and oxygen atoms in total. The Morgan fingerprint density at radius 1 is 1.38 bits per heavy atom. The van der Waals surface area contributed by atoms with E-state index in [-0.39, 0.29) is 13.1 Å². The zero-order chi connectivity index (χ0) is 13.0. The molecule has 0 saturated carbocycles. The van der Waals surface area contributed by atoms with Crippen LogP contribution < -0.4 is 5.32 Å². The van der Waals surface area contributed by atoms with Gasteiger partial charge in [-0.2, -0.15) is 13.2 Å². The van der Waals surface area contributed by atoms with Crippen LogP contribution in [-0.4, -0.2) is 51.3 Å². The molecule has 0 aromatic rings. The molecule has 0 aliphatic carbocycles. The van der Waals surface area contributed by atoms with Crippen LogP contribution in [-0.2, 0) is 10.0 Å². The van der Waals surface area contributed by atoms with Crippen LogP contribution in [0.25, 0.3) is 0 Å². The van der Waals surface area contributed by atoms with E-state index in [0.29, 0.717) is 0 Å². The van der Waals surface area contributed by atoms with Gasteiger partial charge in [-0.3, -0.25) is 0 Å². The van der Waals surface area contributed by atoms with Gasteiger partial charge in [0, 0.05) is 26.2 Å². The summed E-state index contributed by atoms with van der Waals surface area (Å²) in [6, 6.07) is -0.715. The quantitative estimate of drug-likeness (QED) is 0.770. The first-order chi connectivity index (χ1) is 7.02. The van der Waals surface area contributed by atoms with Crippen LogP contribution in [0.1, 0.15) is 13.3 Å². The predicted octanol–water partition coefficient (Wildman–Crippen LogP) is 0.808. The van der Waals surface area contributed by atoms with Crippen LogP contribution in [0.15, 0.2) is 0 Å². The molecular weight excluding hydrogens is 245 g/mol. The van der Waals surface area contributed by atoms with Gasteiger partial charge in [-0.15, -0.1) is 0 Å². The van der Waals surface area contributed by atoms with Crippen LogP contribution in [0.4, 0.5) is 13.2 Å². The summed E-state index contributed by atoms with van der Waals surface area (Å²) < 4.78 is 58.8. The highest BCUT2D eigenvalue weighted by Gasteiger charge is 2.29. The molecule has 0 aliphatic rings. The van der Waals surface area contributed by atoms with Crippen molar-refractivity contribution in [3.05, 3.63) is 0 Å². The molecule has 0 bridgehead atoms. The van der Waals surface area contributed by atoms with Crippen LogP contribution >= 0.6 is 0 Å². The van der Waals surface area contributed by atoms with Crippen molar-refractivity contribution in [2.24, 2.45) is 0 Å². The van der Waals surface area contributed by atoms with E-state index in [2.05, 4.69) is 5.32 Å². The minimum atomic E-state index is -4.20. The topological polar surface area (TPSA) is 49.4 Å². The number of hydrogen-bond donors (Lipinski definition) is 1. The van der Waals surface area contributed by atoms with Crippen molar-refractivity contribution < 1.29 is 21.6 Å². The van der Waals surface area contributed by atoms with Crippen molar-refractivity contribution in [3.63, 3.8) is 0 Å². The lowest BCUT2D eigenvalue weighted by Gasteiger charge is -2.18. The summed E-state index contributed by atoms with van der Waals surface area (Å²) >= 11 is 0. The zero-order valence-electron chi connectivity index (χ0n) is 9.50. The van der Waals surface area contributed by atoms with Crippen molar-refractivity contribution >= 4 is 10.0 Å². The Hall–Kier alpha value is -0.340. The molecule has 0 radical (unpaired) electrons. The van der Waals surface area contributed by atoms with Gasteiger partial charge >= 0.3 is 6.18 Å². The number of likely N-dealkylation sites (N-methyl/N-ethyl adjacent to an activating group) is 1. The first kappa shape index (κ1) is 15.7. The number of nitrogens with zero attached hydrogens (tertiary/aromatic N) is 1. The van der Waals surface area contributed by atoms with E-state index in [1.54, 1.807) is 0 Å². The van der Waals surface area contributed by atoms with E-state index in [0.717, 1.165) is 10.6 Å². The first-order valence-corrected chi connectivity index (χ1v) is 6.58. The molecule has 1 atom stereocenters. The third-order valence-corrected chi connectivity index (χ3v) is 3.34. The summed E-state index contributed by atoms with van der Waals surface area (Å²) in [7, 11) is -1.88. The van der Waals surface area contributed by atoms with Gasteiger partial charge in [0.2, 0.25) is 10.0 Å². The number of halogens is 3. The largest absolute Gasteiger partial charge is 0.390 e. The molecular formula is C8H17F3N2O2S. The average molecular weight is 262 g/mol. The second kappa shape index (κ2) is 5.83. The number of hydrogen-bond acceptors (Lipinski definition) is 3. The highest BCUT2D eigenvalue weighted by molar-refractivity contribution is 7.88. The summed E-state index contributed by atoms with van der Waals surface area (Å²) in [5.41, 5.74) is 0. The Kier molecular flexibility index (Phi) is 5.71. The molecule has 0 aromatic heterocycles. The smallest absolute Gasteiger partial charge is 0.313 e. The molecule has 16 heavy (non-hydrogen) atoms. The van der Waals surface area contributed by atoms with E-state index in [9.17, 15) is 21.6 Å². The third-order valence-electron chi connectivity index (χ3n) is 2.02. The normalized spacial score (nSPS) is 15.4. The molecule has 1 unspecified atom stereocenters. The minimum absolute atomic E-state index is 0.154. The van der Waals surface area contributed by atoms with E-state index < -0.39 is 28.7 Å². The van der Waals surface area contributed by atoms with Crippen LogP contribution in [0.3, 0.4) is 0 Å². The summed E-state index contributed by atoms with van der Waals surface area (Å²) in [6.07, 6.45) is -4.07. The molecule has 1 N–H and O–H groups in total. The van der Waals surface area contributed by atoms with Crippen LogP contribution in [0.5, 0.6) is 0 Å². The molecule has 0 rings (SSSR count). The van der Waals surface area contributed by atoms with Crippen molar-refractivity contribution in [3.8, 4) is 0 Å². The molecule has 0 heterocycles. The second-order valence-corrected chi connectivity index (χ2v) is 5.85. The summed E-state index contributed by atoms with van der Waals surface area (Å²) in [4.78, 5) is 0. The lowest BCUT2D eigenvalue weighted by Crippen LogP contribution is -2.38. The highest BCUT2D eigenvalue weighted by Crippen LogP contribution is 2.21. The zero-order valence-corrected chi connectivity index (χ0v) is 10.3. The summed E-state index contributed by atoms with van der Waals surface area (Å²) in [5.74, 6) is 0. The second-order valence-electron chi connectivity index (χ2n) is 3.76. The van der Waals surface area contributed by atoms with Gasteiger partial charge in [-0.25, -0.2) is 12.7 Å². The van der Waals surface area contributed by atoms with E-state index in [1.165, 1.54) is 14.0 Å². The van der Waals surface area contributed by atoms with Crippen LogP contribution in [0.2, 0.25) is 0 Å². The fourth-order valence-electron chi connectivity index (χ4n) is 1.05. The van der Waals surface area contributed by atoms with Gasteiger partial charge in [0.15, 0.2) is 0 Å². The number of alkyl halides is 3. The Bertz CT molecular complexity index is 303. The molecule has 0 spiro atoms. The monoisotopic (exact) mass is 262 g/mol. The SMILES string of the molecule is CC(CC(F)(F)F)NCCN(C)S(C)(=O)=O. The molecule has 8 heteroatoms. The van der Waals surface area contributed by atoms with Gasteiger partial charge in [0.05, 0.1) is 12.7 Å². The van der Waals surface area contributed by atoms with Gasteiger partial charge in [0.25, 0.3) is 0 Å². The van der Waals surface area contributed by atoms with E-state index in [4.69, 9.17) is 0 Å². The predicted molar refractivity (Wildman–Crippen MR) is 55.6 cm³/mol. The number of rotatable bonds is 6. The standard InChI is InChI=1S/C8H17F3N2O2S/c1-7(6-8(9,10)11)12-4-5-13(2)16(3,14)15/h7,12H,4-6H2,1-3H3. The average Bonchev–Trinajstić information content (AvgIpc) is 1.98. The van der Waals surface area contributed by atoms with Crippen molar-refractivity contribution in [2.75, 3.05) is 26.4 Å². The fourth-order valence-corrected chi connectivity index (χ4v) is 1.48. The van der Waals surface area contributed by atoms with Gasteiger partial charge < -0.3 is 5.32 Å². The Labute approximate surface area is 93.9 Å². The van der Waals surface area contributed by atoms with E-state index in [1.807, 2.05) is 0 Å². The maximum absolute atomic E-state index is 11.9. The highest BCUT2D eigenvalue weighted by atomic mass is 32.2. The maximum atomic E-state index is 11.9. The molecule has 0 saturated heterocycles. The number of nitrogens with one attached hydrogen (secondary N) is 1. The Morgan fingerprint density at radius 2 is 1.88 bits per heavy atom. The number of sulfonamides is 1. The molecule has 0 aliphatic heterocycles. The minimum Gasteiger partial charge on any atom is -0.313 e. The third kappa shape index (κ3) is 7.89. The van der Waals surface area contributed by atoms with Gasteiger partial charge in [-0.1, -0.05) is 0 Å². The van der Waals surface area contributed by atoms with Gasteiger partial charge in [0.1, 0.15) is 0 Å². The first-order valence-electron chi connectivity index (χ1n) is 4.74. The molecule has 0 aromatic carbocycles. The molecule has 0 amide bonds. The van der Waals surface area contributed by atoms with Gasteiger partial charge in [-0.05, 0) is 6.92 Å². The maximum Gasteiger partial charge on any atom is 0.390 e. The van der Waals surface area contributed by atoms with Crippen molar-refractivity contribution in [1.82, 2.24) is 9.62 Å². The summed E-state index contributed by atoms with van der Waals surface area (Å²) in [5, 5.41) is 2.62. The Balaban J connectivity index is 3.83. The van der Waals surface area contributed by atoms with E-state index >= 15 is 0 Å². The van der Waals surface area contributed by atoms with Crippen molar-refractivity contribution in [1.29, 1.82) is 0 Å². The lowest BCUT2D eigenvalue weighted by atomic mass is 10.2.